The summed E-state index contributed by atoms with van der Waals surface area (Å²) in [4.78, 5) is 27.4. The highest BCUT2D eigenvalue weighted by Crippen LogP contribution is 2.39. The third-order valence-electron chi connectivity index (χ3n) is 8.03. The lowest BCUT2D eigenvalue weighted by Gasteiger charge is -2.23. The Labute approximate surface area is 233 Å². The zero-order valence-electron chi connectivity index (χ0n) is 22.9. The molecule has 0 fully saturated rings. The zero-order valence-corrected chi connectivity index (χ0v) is 22.9. The van der Waals surface area contributed by atoms with Crippen molar-refractivity contribution in [2.24, 2.45) is 5.92 Å². The van der Waals surface area contributed by atoms with E-state index in [4.69, 9.17) is 14.2 Å². The number of rotatable bonds is 6. The summed E-state index contributed by atoms with van der Waals surface area (Å²) in [6.45, 7) is 2.18. The van der Waals surface area contributed by atoms with Crippen molar-refractivity contribution in [1.82, 2.24) is 4.57 Å². The molecule has 5 aromatic rings. The molecule has 0 aliphatic heterocycles. The van der Waals surface area contributed by atoms with Crippen LogP contribution in [0.2, 0.25) is 0 Å². The smallest absolute Gasteiger partial charge is 0.309 e. The van der Waals surface area contributed by atoms with Crippen molar-refractivity contribution in [2.45, 2.75) is 32.8 Å². The monoisotopic (exact) mass is 533 g/mol. The van der Waals surface area contributed by atoms with Crippen LogP contribution in [-0.4, -0.2) is 30.7 Å². The Bertz CT molecular complexity index is 1750. The number of aromatic nitrogens is 1. The molecule has 0 radical (unpaired) electrons. The van der Waals surface area contributed by atoms with Gasteiger partial charge < -0.3 is 14.2 Å². The fraction of sp³-hybridized carbons (Fsp3) is 0.235. The van der Waals surface area contributed by atoms with E-state index in [1.807, 2.05) is 90.4 Å². The number of carbonyl (C=O) groups excluding carboxylic acids is 2. The number of nitrogens with zero attached hydrogens (tertiary/aromatic N) is 1. The van der Waals surface area contributed by atoms with Gasteiger partial charge >= 0.3 is 5.97 Å². The summed E-state index contributed by atoms with van der Waals surface area (Å²) in [5, 5.41) is 2.71. The quantitative estimate of drug-likeness (QED) is 0.229. The second-order valence-electron chi connectivity index (χ2n) is 10.3. The third-order valence-corrected chi connectivity index (χ3v) is 8.03. The van der Waals surface area contributed by atoms with Gasteiger partial charge in [0, 0.05) is 33.0 Å². The van der Waals surface area contributed by atoms with Gasteiger partial charge in [0.05, 0.1) is 25.7 Å². The topological polar surface area (TPSA) is 66.8 Å². The van der Waals surface area contributed by atoms with Crippen LogP contribution in [0.5, 0.6) is 11.5 Å². The molecule has 6 nitrogen and oxygen atoms in total. The molecule has 40 heavy (non-hydrogen) atoms. The summed E-state index contributed by atoms with van der Waals surface area (Å²) in [5.74, 6) is 0.774. The first-order chi connectivity index (χ1) is 19.5. The highest BCUT2D eigenvalue weighted by atomic mass is 16.5. The SMILES string of the molecule is COc1cccc2c(OC)c(C)c(C(=O)n3c4c(c5ccccc53)CC(C(=O)OCc3ccccc3)CC4)cc12. The van der Waals surface area contributed by atoms with E-state index in [9.17, 15) is 9.59 Å². The molecule has 0 bridgehead atoms. The van der Waals surface area contributed by atoms with Gasteiger partial charge in [0.2, 0.25) is 0 Å². The van der Waals surface area contributed by atoms with Crippen LogP contribution in [0.25, 0.3) is 21.7 Å². The number of benzene rings is 4. The summed E-state index contributed by atoms with van der Waals surface area (Å²) >= 11 is 0. The lowest BCUT2D eigenvalue weighted by atomic mass is 9.86. The van der Waals surface area contributed by atoms with Crippen molar-refractivity contribution in [2.75, 3.05) is 14.2 Å². The van der Waals surface area contributed by atoms with Gasteiger partial charge in [0.1, 0.15) is 18.1 Å². The van der Waals surface area contributed by atoms with Gasteiger partial charge in [-0.1, -0.05) is 60.7 Å². The van der Waals surface area contributed by atoms with E-state index in [1.54, 1.807) is 14.2 Å². The molecule has 1 heterocycles. The van der Waals surface area contributed by atoms with Crippen LogP contribution in [0.4, 0.5) is 0 Å². The van der Waals surface area contributed by atoms with Crippen molar-refractivity contribution in [1.29, 1.82) is 0 Å². The highest BCUT2D eigenvalue weighted by molar-refractivity contribution is 6.09. The van der Waals surface area contributed by atoms with Gasteiger partial charge in [0.25, 0.3) is 5.91 Å². The number of carbonyl (C=O) groups is 2. The molecule has 0 saturated heterocycles. The summed E-state index contributed by atoms with van der Waals surface area (Å²) in [5.41, 5.74) is 5.14. The largest absolute Gasteiger partial charge is 0.496 e. The molecular formula is C34H31NO5. The summed E-state index contributed by atoms with van der Waals surface area (Å²) < 4.78 is 18.9. The number of hydrogen-bond donors (Lipinski definition) is 0. The Kier molecular flexibility index (Phi) is 6.76. The van der Waals surface area contributed by atoms with E-state index < -0.39 is 0 Å². The Hall–Kier alpha value is -4.58. The first-order valence-electron chi connectivity index (χ1n) is 13.5. The summed E-state index contributed by atoms with van der Waals surface area (Å²) in [6, 6.07) is 25.3. The second-order valence-corrected chi connectivity index (χ2v) is 10.3. The molecule has 4 aromatic carbocycles. The molecule has 1 aliphatic carbocycles. The predicted molar refractivity (Wildman–Crippen MR) is 155 cm³/mol. The molecule has 6 rings (SSSR count). The van der Waals surface area contributed by atoms with E-state index in [2.05, 4.69) is 0 Å². The molecule has 0 amide bonds. The van der Waals surface area contributed by atoms with Gasteiger partial charge in [-0.3, -0.25) is 14.2 Å². The first kappa shape index (κ1) is 25.7. The highest BCUT2D eigenvalue weighted by Gasteiger charge is 2.32. The lowest BCUT2D eigenvalue weighted by Crippen LogP contribution is -2.26. The molecule has 0 saturated carbocycles. The summed E-state index contributed by atoms with van der Waals surface area (Å²) in [6.07, 6.45) is 1.77. The van der Waals surface area contributed by atoms with Crippen LogP contribution < -0.4 is 9.47 Å². The fourth-order valence-electron chi connectivity index (χ4n) is 6.04. The molecule has 1 aliphatic rings. The minimum Gasteiger partial charge on any atom is -0.496 e. The maximum Gasteiger partial charge on any atom is 0.309 e. The molecule has 0 spiro atoms. The van der Waals surface area contributed by atoms with Gasteiger partial charge in [0.15, 0.2) is 0 Å². The van der Waals surface area contributed by atoms with Crippen LogP contribution in [-0.2, 0) is 29.0 Å². The van der Waals surface area contributed by atoms with E-state index in [0.29, 0.717) is 36.3 Å². The molecule has 1 unspecified atom stereocenters. The Balaban J connectivity index is 1.39. The van der Waals surface area contributed by atoms with E-state index >= 15 is 0 Å². The fourth-order valence-corrected chi connectivity index (χ4v) is 6.04. The number of methoxy groups -OCH3 is 2. The van der Waals surface area contributed by atoms with Crippen LogP contribution in [0.3, 0.4) is 0 Å². The van der Waals surface area contributed by atoms with E-state index in [0.717, 1.165) is 44.1 Å². The number of ether oxygens (including phenoxy) is 3. The minimum atomic E-state index is -0.252. The first-order valence-corrected chi connectivity index (χ1v) is 13.5. The average Bonchev–Trinajstić information content (AvgIpc) is 3.33. The number of hydrogen-bond acceptors (Lipinski definition) is 5. The van der Waals surface area contributed by atoms with Crippen LogP contribution in [0.1, 0.15) is 39.2 Å². The molecule has 1 atom stereocenters. The third kappa shape index (κ3) is 4.30. The normalized spacial score (nSPS) is 14.6. The van der Waals surface area contributed by atoms with Gasteiger partial charge in [-0.2, -0.15) is 0 Å². The Morgan fingerprint density at radius 1 is 0.875 bits per heavy atom. The van der Waals surface area contributed by atoms with Crippen molar-refractivity contribution in [3.63, 3.8) is 0 Å². The number of para-hydroxylation sites is 1. The van der Waals surface area contributed by atoms with Crippen LogP contribution in [0, 0.1) is 12.8 Å². The molecule has 1 aromatic heterocycles. The van der Waals surface area contributed by atoms with E-state index in [1.165, 1.54) is 0 Å². The second kappa shape index (κ2) is 10.5. The summed E-state index contributed by atoms with van der Waals surface area (Å²) in [7, 11) is 3.25. The number of fused-ring (bicyclic) bond motifs is 4. The lowest BCUT2D eigenvalue weighted by molar-refractivity contribution is -0.150. The molecule has 6 heteroatoms. The number of esters is 1. The minimum absolute atomic E-state index is 0.119. The predicted octanol–water partition coefficient (Wildman–Crippen LogP) is 6.66. The molecular weight excluding hydrogens is 502 g/mol. The average molecular weight is 534 g/mol. The van der Waals surface area contributed by atoms with Crippen molar-refractivity contribution in [3.8, 4) is 11.5 Å². The zero-order chi connectivity index (χ0) is 27.8. The van der Waals surface area contributed by atoms with Crippen LogP contribution >= 0.6 is 0 Å². The molecule has 0 N–H and O–H groups in total. The standard InChI is InChI=1S/C34H31NO5/c1-21-26(19-28-25(32(21)39-3)13-9-15-31(28)38-2)33(36)35-29-14-8-7-12-24(29)27-18-23(16-17-30(27)35)34(37)40-20-22-10-5-4-6-11-22/h4-15,19,23H,16-18,20H2,1-3H3. The van der Waals surface area contributed by atoms with Crippen molar-refractivity contribution < 1.29 is 23.8 Å². The van der Waals surface area contributed by atoms with E-state index in [-0.39, 0.29) is 24.4 Å². The molecule has 202 valence electrons. The van der Waals surface area contributed by atoms with Gasteiger partial charge in [-0.15, -0.1) is 0 Å². The Morgan fingerprint density at radius 3 is 2.40 bits per heavy atom. The van der Waals surface area contributed by atoms with Crippen molar-refractivity contribution >= 4 is 33.6 Å². The van der Waals surface area contributed by atoms with Gasteiger partial charge in [-0.05, 0) is 55.5 Å². The Morgan fingerprint density at radius 2 is 1.62 bits per heavy atom. The maximum atomic E-state index is 14.4. The van der Waals surface area contributed by atoms with Crippen LogP contribution in [0.15, 0.2) is 78.9 Å². The van der Waals surface area contributed by atoms with Gasteiger partial charge in [-0.25, -0.2) is 0 Å². The maximum absolute atomic E-state index is 14.4. The van der Waals surface area contributed by atoms with Crippen molar-refractivity contribution in [3.05, 3.63) is 107 Å².